The molecule has 142 heavy (non-hydrogen) atoms. The van der Waals surface area contributed by atoms with Gasteiger partial charge in [-0.15, -0.1) is 12.0 Å². The Labute approximate surface area is 887 Å². The van der Waals surface area contributed by atoms with Crippen LogP contribution in [0, 0.1) is 58.8 Å². The zero-order valence-electron chi connectivity index (χ0n) is 76.6. The third-order valence-corrected chi connectivity index (χ3v) is 26.8. The third-order valence-electron chi connectivity index (χ3n) is 21.0. The third kappa shape index (κ3) is 33.3. The van der Waals surface area contributed by atoms with E-state index in [4.69, 9.17) is 131 Å². The van der Waals surface area contributed by atoms with Gasteiger partial charge in [-0.25, -0.2) is 42.7 Å². The smallest absolute Gasteiger partial charge is 0.337 e. The molecule has 3 saturated carbocycles. The topological polar surface area (TPSA) is 520 Å². The van der Waals surface area contributed by atoms with Crippen LogP contribution in [-0.2, 0) is 23.7 Å². The summed E-state index contributed by atoms with van der Waals surface area (Å²) in [5, 5.41) is 40.0. The molecule has 0 unspecified atom stereocenters. The molecular weight excluding hydrogens is 2230 g/mol. The number of esters is 4. The summed E-state index contributed by atoms with van der Waals surface area (Å²) in [6.07, 6.45) is 20.3. The molecule has 4 aromatic heterocycles. The molecule has 6 aromatic carbocycles. The minimum absolute atomic E-state index is 0. The zero-order chi connectivity index (χ0) is 104. The van der Waals surface area contributed by atoms with Crippen LogP contribution < -0.4 is 45.5 Å². The van der Waals surface area contributed by atoms with Crippen molar-refractivity contribution in [2.24, 2.45) is 17.2 Å². The Hall–Kier alpha value is -12.6. The number of anilines is 4. The Morgan fingerprint density at radius 1 is 0.465 bits per heavy atom. The van der Waals surface area contributed by atoms with Gasteiger partial charge in [0, 0.05) is 56.9 Å². The molecule has 1 atom stereocenters. The second-order valence-electron chi connectivity index (χ2n) is 31.6. The van der Waals surface area contributed by atoms with Crippen molar-refractivity contribution >= 4 is 224 Å². The van der Waals surface area contributed by atoms with Gasteiger partial charge in [-0.05, 0) is 236 Å². The molecule has 3 aliphatic carbocycles. The molecule has 4 fully saturated rings. The highest BCUT2D eigenvalue weighted by molar-refractivity contribution is 9.11. The minimum Gasteiger partial charge on any atom is -0.478 e. The average molecular weight is 2330 g/mol. The van der Waals surface area contributed by atoms with E-state index in [2.05, 4.69) is 177 Å². The van der Waals surface area contributed by atoms with Gasteiger partial charge >= 0.3 is 29.8 Å². The highest BCUT2D eigenvalue weighted by Gasteiger charge is 2.33. The monoisotopic (exact) mass is 2330 g/mol. The van der Waals surface area contributed by atoms with Gasteiger partial charge in [0.1, 0.15) is 68.9 Å². The summed E-state index contributed by atoms with van der Waals surface area (Å²) in [5.41, 5.74) is 48.8. The Balaban J connectivity index is 0.000000293. The van der Waals surface area contributed by atoms with E-state index in [-0.39, 0.29) is 90.4 Å². The Morgan fingerprint density at radius 2 is 0.789 bits per heavy atom. The molecule has 5 heterocycles. The van der Waals surface area contributed by atoms with Gasteiger partial charge in [0.15, 0.2) is 11.4 Å². The van der Waals surface area contributed by atoms with Crippen LogP contribution in [0.15, 0.2) is 140 Å². The first-order valence-electron chi connectivity index (χ1n) is 42.3. The number of carbonyl (C=O) groups excluding carboxylic acids is 9. The first-order valence-corrected chi connectivity index (χ1v) is 51.2. The van der Waals surface area contributed by atoms with Gasteiger partial charge < -0.3 is 74.4 Å². The average Bonchev–Trinajstić information content (AvgIpc) is 1.64. The lowest BCUT2D eigenvalue weighted by Gasteiger charge is -2.15. The van der Waals surface area contributed by atoms with E-state index in [1.54, 1.807) is 91.7 Å². The number of hydrogen-bond donors (Lipinski definition) is 9. The van der Waals surface area contributed by atoms with Crippen LogP contribution in [0.1, 0.15) is 255 Å². The van der Waals surface area contributed by atoms with Crippen molar-refractivity contribution in [3.05, 3.63) is 259 Å². The quantitative estimate of drug-likeness (QED) is 0.0160. The van der Waals surface area contributed by atoms with Gasteiger partial charge in [-0.3, -0.25) is 24.0 Å². The number of nitrogen functional groups attached to an aromatic ring is 4. The number of aromatic nitrogens is 8. The van der Waals surface area contributed by atoms with E-state index in [1.165, 1.54) is 108 Å². The predicted octanol–water partition coefficient (Wildman–Crippen LogP) is 19.5. The molecule has 10 aromatic rings. The number of rotatable bonds is 14. The van der Waals surface area contributed by atoms with Crippen LogP contribution >= 0.6 is 133 Å². The summed E-state index contributed by atoms with van der Waals surface area (Å²) >= 11 is 48.3. The first kappa shape index (κ1) is 120. The lowest BCUT2D eigenvalue weighted by Crippen LogP contribution is -2.27. The lowest BCUT2D eigenvalue weighted by atomic mass is 10.1. The number of nitrogens with one attached hydrogen (secondary N) is 1. The molecule has 44 heteroatoms. The number of nitriles is 1. The van der Waals surface area contributed by atoms with E-state index >= 15 is 0 Å². The molecule has 1 aliphatic heterocycles. The number of amides is 5. The number of terminal acetylenes is 1. The van der Waals surface area contributed by atoms with Crippen molar-refractivity contribution in [2.45, 2.75) is 142 Å². The minimum atomic E-state index is -1.45. The molecule has 16 N–H and O–H groups in total. The van der Waals surface area contributed by atoms with Crippen molar-refractivity contribution in [2.75, 3.05) is 71.5 Å². The van der Waals surface area contributed by atoms with Gasteiger partial charge in [-0.2, -0.15) is 25.7 Å². The van der Waals surface area contributed by atoms with Crippen LogP contribution in [0.4, 0.5) is 23.3 Å². The van der Waals surface area contributed by atoms with Crippen LogP contribution in [0.3, 0.4) is 0 Å². The number of ether oxygens (including phenoxy) is 4. The van der Waals surface area contributed by atoms with Crippen LogP contribution in [0.5, 0.6) is 0 Å². The molecule has 0 bridgehead atoms. The molecule has 33 nitrogen and oxygen atoms in total. The predicted molar refractivity (Wildman–Crippen MR) is 569 cm³/mol. The number of halogens is 10. The van der Waals surface area contributed by atoms with Crippen molar-refractivity contribution in [1.29, 1.82) is 5.26 Å². The number of nitrogens with zero attached hydrogens (tertiary/aromatic N) is 10. The molecule has 0 spiro atoms. The van der Waals surface area contributed by atoms with Crippen LogP contribution in [0.2, 0.25) is 49.8 Å². The molecule has 750 valence electrons. The highest BCUT2D eigenvalue weighted by Crippen LogP contribution is 2.38. The van der Waals surface area contributed by atoms with Crippen LogP contribution in [-0.4, -0.2) is 165 Å². The van der Waals surface area contributed by atoms with Gasteiger partial charge in [0.05, 0.1) is 111 Å². The number of likely N-dealkylation sites (tertiary alicyclic amines) is 1. The van der Waals surface area contributed by atoms with E-state index < -0.39 is 43.7 Å². The van der Waals surface area contributed by atoms with Gasteiger partial charge in [-0.1, -0.05) is 173 Å². The lowest BCUT2D eigenvalue weighted by molar-refractivity contribution is -0.125. The normalized spacial score (nSPS) is 13.1. The molecule has 5 amide bonds. The summed E-state index contributed by atoms with van der Waals surface area (Å²) < 4.78 is 27.3. The van der Waals surface area contributed by atoms with Crippen molar-refractivity contribution in [1.82, 2.24) is 49.3 Å². The van der Waals surface area contributed by atoms with E-state index in [9.17, 15) is 47.9 Å². The fourth-order valence-electron chi connectivity index (χ4n) is 14.0. The van der Waals surface area contributed by atoms with Crippen molar-refractivity contribution < 1.29 is 72.0 Å². The number of aromatic carboxylic acids is 1. The number of benzene rings is 6. The molecule has 4 aliphatic rings. The Morgan fingerprint density at radius 3 is 1.13 bits per heavy atom. The standard InChI is InChI=1S/C21H21ClN6O3.C19H19ClN4O3.C13H15ClO2Si.C10H7ClO2.C9H13BrN4O.C9H11BrN4.C8H6BrClO2.C7H4BrClO2.2CH4/c1-3-17(29)27-9-8-14(11-27)28-19(23)18(20(24)30)16(26-28)7-5-12-10-13(21(31)25-2)4-6-15(12)22;1-27-19(26)12-6-8-14(20)11(10-12)7-9-15-16(18(22)25)17(21)24(23-15)13-4-2-3-5-13;1-16-13(15)11-5-6-12(14)10(9-11)7-8-17(2,3)4;1-3-7-6-8(10(12)13-2)4-5-9(7)11;10-7-6(9(12)15)8(11)14(13-7)5-3-1-2-4-5;10-8-7(5-11)9(12)14(13-8)6-3-1-2-4-6;1-12-8(11)5-2-3-7(10)6(9)4-5;8-5-3-4(7(10)11)1-2-6(5)9;;/h3-4,6,10,14H,1,8-9,11,23H2,2H3,(H2,24,30)(H,25,31);6,8,10,13H,2-5,21H2,1H3,(H2,22,25);5-6,9H,1-4H3;1,4-6H,2H3;5H,1-4,11H2,(H2,12,15);6H,1-4,12H2;2-4H,1H3;1-3H,(H,10,11);2*1H4/t14-;;;;;;;;;/m0........./s1. The van der Waals surface area contributed by atoms with Crippen LogP contribution in [0.25, 0.3) is 0 Å². The first-order chi connectivity index (χ1) is 66.3. The second kappa shape index (κ2) is 56.9. The number of primary amides is 3. The highest BCUT2D eigenvalue weighted by atomic mass is 79.9. The van der Waals surface area contributed by atoms with Crippen molar-refractivity contribution in [3.8, 4) is 53.6 Å². The molecule has 0 radical (unpaired) electrons. The van der Waals surface area contributed by atoms with E-state index in [0.717, 1.165) is 51.4 Å². The molecule has 14 rings (SSSR count). The maximum atomic E-state index is 12.0. The number of carboxylic acid groups (broad SMARTS) is 1. The maximum absolute atomic E-state index is 12.0. The van der Waals surface area contributed by atoms with E-state index in [1.807, 2.05) is 0 Å². The SMILES string of the molecule is C.C.C#Cc1cc(C(=O)OC)ccc1Cl.C=CC(=O)N1CC[C@H](n2nc(C#Cc3cc(C(=O)NC)ccc3Cl)c(C(N)=O)c2N)C1.COC(=O)c1ccc(Cl)c(Br)c1.COC(=O)c1ccc(Cl)c(C#C[Si](C)(C)C)c1.COC(=O)c1ccc(Cl)c(C#Cc2nn(C3CCCC3)c(N)c2C(N)=O)c1.N#Cc1c(Br)nn(C2CCCC2)c1N.NC(=O)c1c(Br)nn(C2CCCC2)c1N.O=C(O)c1ccc(Cl)c(Br)c1. The molecular formula is C98H104Br4Cl6N18O15Si. The number of nitrogens with two attached hydrogens (primary N) is 7. The number of carboxylic acids is 1. The van der Waals surface area contributed by atoms with Crippen molar-refractivity contribution in [3.63, 3.8) is 0 Å². The number of carbonyl (C=O) groups is 10. The number of hydrogen-bond acceptors (Lipinski definition) is 23. The summed E-state index contributed by atoms with van der Waals surface area (Å²) in [5.74, 6) is 12.8. The summed E-state index contributed by atoms with van der Waals surface area (Å²) in [6.45, 7) is 10.8. The van der Waals surface area contributed by atoms with Gasteiger partial charge in [0.25, 0.3) is 23.6 Å². The fraction of sp³-hybridized carbons (Fsp3) is 0.296. The summed E-state index contributed by atoms with van der Waals surface area (Å²) in [4.78, 5) is 116. The van der Waals surface area contributed by atoms with E-state index in [0.29, 0.717) is 153 Å². The summed E-state index contributed by atoms with van der Waals surface area (Å²) in [7, 11) is 5.36. The summed E-state index contributed by atoms with van der Waals surface area (Å²) in [6, 6.07) is 30.9. The molecule has 1 saturated heterocycles. The number of methoxy groups -OCH3 is 4. The largest absolute Gasteiger partial charge is 0.478 e. The maximum Gasteiger partial charge on any atom is 0.337 e. The van der Waals surface area contributed by atoms with Gasteiger partial charge in [0.2, 0.25) is 5.91 Å². The zero-order valence-corrected chi connectivity index (χ0v) is 88.5. The Bertz CT molecular complexity index is 6660. The Kier molecular flexibility index (Phi) is 48.0. The fourth-order valence-corrected chi connectivity index (χ4v) is 17.2. The second-order valence-corrected chi connectivity index (χ2v) is 42.0.